The zero-order valence-corrected chi connectivity index (χ0v) is 10.8. The van der Waals surface area contributed by atoms with Crippen LogP contribution >= 0.6 is 12.6 Å². The number of hydrogen-bond donors (Lipinski definition) is 4. The third kappa shape index (κ3) is 8.02. The molecule has 0 aromatic carbocycles. The molecule has 0 radical (unpaired) electrons. The lowest BCUT2D eigenvalue weighted by Gasteiger charge is -2.25. The van der Waals surface area contributed by atoms with Crippen LogP contribution in [0.15, 0.2) is 0 Å². The van der Waals surface area contributed by atoms with Crippen LogP contribution in [0.4, 0.5) is 4.39 Å². The second-order valence-electron chi connectivity index (χ2n) is 3.80. The number of likely N-dealkylation sites (N-methyl/N-ethyl adjacent to an activating group) is 2. The Bertz CT molecular complexity index is 156. The van der Waals surface area contributed by atoms with E-state index in [4.69, 9.17) is 0 Å². The molecule has 0 saturated heterocycles. The molecule has 92 valence electrons. The van der Waals surface area contributed by atoms with Crippen molar-refractivity contribution in [3.63, 3.8) is 0 Å². The average Bonchev–Trinajstić information content (AvgIpc) is 2.21. The topological polar surface area (TPSA) is 36.1 Å². The Balaban J connectivity index is 3.78. The molecule has 0 amide bonds. The second-order valence-corrected chi connectivity index (χ2v) is 4.16. The molecule has 0 spiro atoms. The number of rotatable bonds is 9. The first-order chi connectivity index (χ1) is 7.05. The summed E-state index contributed by atoms with van der Waals surface area (Å²) in [5.41, 5.74) is 0. The minimum Gasteiger partial charge on any atom is -0.313 e. The van der Waals surface area contributed by atoms with Crippen LogP contribution < -0.4 is 16.0 Å². The Kier molecular flexibility index (Phi) is 8.42. The van der Waals surface area contributed by atoms with Crippen molar-refractivity contribution < 1.29 is 4.39 Å². The second kappa shape index (κ2) is 8.33. The highest BCUT2D eigenvalue weighted by Gasteiger charge is 2.22. The first-order valence-corrected chi connectivity index (χ1v) is 6.17. The number of halogens is 1. The molecule has 2 atom stereocenters. The maximum atomic E-state index is 13.8. The van der Waals surface area contributed by atoms with E-state index in [2.05, 4.69) is 28.6 Å². The van der Waals surface area contributed by atoms with Gasteiger partial charge in [-0.05, 0) is 20.0 Å². The molecule has 0 fully saturated rings. The molecule has 5 heteroatoms. The van der Waals surface area contributed by atoms with Crippen molar-refractivity contribution in [2.24, 2.45) is 0 Å². The summed E-state index contributed by atoms with van der Waals surface area (Å²) in [5.74, 6) is -0.648. The molecule has 0 saturated carbocycles. The molecule has 0 aliphatic carbocycles. The Hall–Kier alpha value is 0.160. The number of alkyl halides is 1. The van der Waals surface area contributed by atoms with E-state index in [1.807, 2.05) is 13.8 Å². The van der Waals surface area contributed by atoms with Crippen molar-refractivity contribution in [3.05, 3.63) is 0 Å². The lowest BCUT2D eigenvalue weighted by molar-refractivity contribution is 0.133. The van der Waals surface area contributed by atoms with Gasteiger partial charge in [0, 0.05) is 24.9 Å². The lowest BCUT2D eigenvalue weighted by atomic mass is 10.2. The molecule has 0 heterocycles. The smallest absolute Gasteiger partial charge is 0.171 e. The van der Waals surface area contributed by atoms with Gasteiger partial charge in [-0.25, -0.2) is 4.39 Å². The van der Waals surface area contributed by atoms with Gasteiger partial charge in [0.2, 0.25) is 0 Å². The van der Waals surface area contributed by atoms with Gasteiger partial charge < -0.3 is 10.6 Å². The highest BCUT2D eigenvalue weighted by Crippen LogP contribution is 2.03. The van der Waals surface area contributed by atoms with E-state index in [1.54, 1.807) is 6.92 Å². The van der Waals surface area contributed by atoms with Crippen LogP contribution in [0.3, 0.4) is 0 Å². The summed E-state index contributed by atoms with van der Waals surface area (Å²) in [6.45, 7) is 8.13. The molecular weight excluding hydrogens is 213 g/mol. The summed E-state index contributed by atoms with van der Waals surface area (Å²) in [6.07, 6.45) is 0. The minimum absolute atomic E-state index is 0.218. The predicted octanol–water partition coefficient (Wildman–Crippen LogP) is 0.779. The van der Waals surface area contributed by atoms with Crippen LogP contribution in [0.5, 0.6) is 0 Å². The first-order valence-electron chi connectivity index (χ1n) is 5.54. The monoisotopic (exact) mass is 237 g/mol. The molecule has 0 unspecified atom stereocenters. The molecule has 0 aliphatic heterocycles. The van der Waals surface area contributed by atoms with E-state index in [-0.39, 0.29) is 6.04 Å². The van der Waals surface area contributed by atoms with E-state index in [1.165, 1.54) is 0 Å². The Morgan fingerprint density at radius 3 is 2.47 bits per heavy atom. The molecule has 0 bridgehead atoms. The van der Waals surface area contributed by atoms with Crippen molar-refractivity contribution >= 4 is 12.6 Å². The molecule has 15 heavy (non-hydrogen) atoms. The third-order valence-corrected chi connectivity index (χ3v) is 2.58. The van der Waals surface area contributed by atoms with Gasteiger partial charge in [-0.1, -0.05) is 13.8 Å². The minimum atomic E-state index is -1.35. The summed E-state index contributed by atoms with van der Waals surface area (Å²) in [6, 6.07) is 0.218. The van der Waals surface area contributed by atoms with Gasteiger partial charge in [0.1, 0.15) is 0 Å². The van der Waals surface area contributed by atoms with Crippen molar-refractivity contribution in [2.75, 3.05) is 31.9 Å². The van der Waals surface area contributed by atoms with E-state index in [0.717, 1.165) is 13.1 Å². The van der Waals surface area contributed by atoms with Gasteiger partial charge in [-0.3, -0.25) is 5.32 Å². The third-order valence-electron chi connectivity index (χ3n) is 2.14. The quantitative estimate of drug-likeness (QED) is 0.353. The van der Waals surface area contributed by atoms with E-state index >= 15 is 0 Å². The lowest BCUT2D eigenvalue weighted by Crippen LogP contribution is -2.51. The molecule has 0 aliphatic rings. The molecule has 3 nitrogen and oxygen atoms in total. The van der Waals surface area contributed by atoms with Crippen molar-refractivity contribution in [2.45, 2.75) is 32.6 Å². The van der Waals surface area contributed by atoms with Crippen molar-refractivity contribution in [1.29, 1.82) is 0 Å². The summed E-state index contributed by atoms with van der Waals surface area (Å²) in [5, 5.41) is 9.11. The predicted molar refractivity (Wildman–Crippen MR) is 67.4 cm³/mol. The number of thiol groups is 1. The Labute approximate surface area is 98.0 Å². The summed E-state index contributed by atoms with van der Waals surface area (Å²) in [4.78, 5) is 0. The standard InChI is InChI=1S/C10H24FN3S/c1-4-12-8-10(3,11)14-6-9(7-15)13-5-2/h9,12-15H,4-8H2,1-3H3/t9-,10+/m1/s1. The SMILES string of the molecule is CCNC[C@@](C)(F)NC[C@H](CS)NCC. The molecule has 0 rings (SSSR count). The Morgan fingerprint density at radius 1 is 1.33 bits per heavy atom. The maximum absolute atomic E-state index is 13.8. The number of hydrogen-bond acceptors (Lipinski definition) is 4. The maximum Gasteiger partial charge on any atom is 0.171 e. The fourth-order valence-corrected chi connectivity index (χ4v) is 1.51. The highest BCUT2D eigenvalue weighted by molar-refractivity contribution is 7.80. The van der Waals surface area contributed by atoms with Crippen molar-refractivity contribution in [3.8, 4) is 0 Å². The number of nitrogens with one attached hydrogen (secondary N) is 3. The van der Waals surface area contributed by atoms with Gasteiger partial charge in [-0.2, -0.15) is 12.6 Å². The van der Waals surface area contributed by atoms with Crippen molar-refractivity contribution in [1.82, 2.24) is 16.0 Å². The molecular formula is C10H24FN3S. The highest BCUT2D eigenvalue weighted by atomic mass is 32.1. The van der Waals surface area contributed by atoms with Gasteiger partial charge in [0.15, 0.2) is 5.79 Å². The van der Waals surface area contributed by atoms with Gasteiger partial charge in [-0.15, -0.1) is 0 Å². The van der Waals surface area contributed by atoms with E-state index in [9.17, 15) is 4.39 Å². The first kappa shape index (κ1) is 15.2. The average molecular weight is 237 g/mol. The summed E-state index contributed by atoms with van der Waals surface area (Å²) >= 11 is 4.21. The molecule has 0 aromatic rings. The summed E-state index contributed by atoms with van der Waals surface area (Å²) < 4.78 is 13.8. The largest absolute Gasteiger partial charge is 0.313 e. The van der Waals surface area contributed by atoms with Crippen LogP contribution in [-0.4, -0.2) is 43.8 Å². The van der Waals surface area contributed by atoms with Gasteiger partial charge >= 0.3 is 0 Å². The van der Waals surface area contributed by atoms with Crippen LogP contribution in [0, 0.1) is 0 Å². The fourth-order valence-electron chi connectivity index (χ4n) is 1.25. The fraction of sp³-hybridized carbons (Fsp3) is 1.00. The zero-order chi connectivity index (χ0) is 11.7. The summed E-state index contributed by atoms with van der Waals surface area (Å²) in [7, 11) is 0. The Morgan fingerprint density at radius 2 is 2.00 bits per heavy atom. The molecule has 0 aromatic heterocycles. The van der Waals surface area contributed by atoms with Crippen LogP contribution in [-0.2, 0) is 0 Å². The van der Waals surface area contributed by atoms with E-state index in [0.29, 0.717) is 18.8 Å². The van der Waals surface area contributed by atoms with E-state index < -0.39 is 5.79 Å². The molecule has 3 N–H and O–H groups in total. The van der Waals surface area contributed by atoms with Gasteiger partial charge in [0.05, 0.1) is 0 Å². The van der Waals surface area contributed by atoms with Crippen LogP contribution in [0.25, 0.3) is 0 Å². The zero-order valence-electron chi connectivity index (χ0n) is 9.94. The van der Waals surface area contributed by atoms with Crippen LogP contribution in [0.1, 0.15) is 20.8 Å². The normalized spacial score (nSPS) is 17.4. The van der Waals surface area contributed by atoms with Crippen LogP contribution in [0.2, 0.25) is 0 Å². The van der Waals surface area contributed by atoms with Gasteiger partial charge in [0.25, 0.3) is 0 Å².